The molecule has 1 aliphatic carbocycles. The van der Waals surface area contributed by atoms with Crippen molar-refractivity contribution in [3.8, 4) is 39.3 Å². The molecule has 4 aromatic heterocycles. The van der Waals surface area contributed by atoms with E-state index in [1.165, 1.54) is 153 Å². The van der Waals surface area contributed by atoms with Gasteiger partial charge in [-0.3, -0.25) is 0 Å². The number of hydrogen-bond donors (Lipinski definition) is 0. The third kappa shape index (κ3) is 6.99. The number of aromatic nitrogens is 3. The maximum absolute atomic E-state index is 2.73. The van der Waals surface area contributed by atoms with Gasteiger partial charge in [-0.2, -0.15) is 0 Å². The zero-order valence-electron chi connectivity index (χ0n) is 49.6. The molecule has 0 fully saturated rings. The number of fused-ring (bicyclic) bond motifs is 16. The van der Waals surface area contributed by atoms with Gasteiger partial charge in [-0.05, 0) is 170 Å². The molecule has 11 aromatic carbocycles. The molecule has 4 nitrogen and oxygen atoms in total. The minimum atomic E-state index is -0.0479. The van der Waals surface area contributed by atoms with Crippen molar-refractivity contribution in [1.82, 2.24) is 13.7 Å². The van der Waals surface area contributed by atoms with Gasteiger partial charge in [0, 0.05) is 75.4 Å². The zero-order valence-corrected chi connectivity index (χ0v) is 50.4. The Balaban J connectivity index is 1.01. The van der Waals surface area contributed by atoms with Crippen LogP contribution in [0.4, 0.5) is 17.1 Å². The topological polar surface area (TPSA) is 18.0 Å². The predicted octanol–water partition coefficient (Wildman–Crippen LogP) is 19.8. The van der Waals surface area contributed by atoms with Crippen molar-refractivity contribution in [3.63, 3.8) is 0 Å². The Morgan fingerprint density at radius 3 is 1.67 bits per heavy atom. The van der Waals surface area contributed by atoms with E-state index in [1.807, 2.05) is 11.3 Å². The van der Waals surface area contributed by atoms with Crippen molar-refractivity contribution in [1.29, 1.82) is 0 Å². The number of benzene rings is 11. The van der Waals surface area contributed by atoms with Crippen molar-refractivity contribution in [3.05, 3.63) is 247 Å². The molecule has 3 aliphatic rings. The summed E-state index contributed by atoms with van der Waals surface area (Å²) in [6.07, 6.45) is 2.30. The van der Waals surface area contributed by atoms with Gasteiger partial charge in [-0.25, -0.2) is 0 Å². The van der Waals surface area contributed by atoms with E-state index in [1.54, 1.807) is 0 Å². The van der Waals surface area contributed by atoms with Crippen molar-refractivity contribution < 1.29 is 0 Å². The fraction of sp³-hybridized carbons (Fsp3) is 0.150. The number of thiophene rings is 1. The maximum Gasteiger partial charge on any atom is 0.264 e. The summed E-state index contributed by atoms with van der Waals surface area (Å²) in [7, 11) is 0. The van der Waals surface area contributed by atoms with Crippen LogP contribution in [0.3, 0.4) is 0 Å². The highest BCUT2D eigenvalue weighted by Gasteiger charge is 2.46. The SMILES string of the molecule is CC(C)(C)c1ccc2sc3c(c2c1)N(c1ccc2c(c1)C(C)(C)CCC2(C)C)c1cc(-n2c4ccc(-c5ccccc5)cc4c4cc(-c5ccccc5)ccc42)cc2c1B3c1cccc3c4cc5c6ccccc6n(-c6ccccc6)c5cc4n-2c13. The fourth-order valence-corrected chi connectivity index (χ4v) is 17.0. The average molecular weight is 1120 g/mol. The molecule has 15 aromatic rings. The van der Waals surface area contributed by atoms with Crippen LogP contribution >= 0.6 is 11.3 Å². The lowest BCUT2D eigenvalue weighted by Crippen LogP contribution is -2.59. The van der Waals surface area contributed by atoms with Gasteiger partial charge < -0.3 is 18.6 Å². The summed E-state index contributed by atoms with van der Waals surface area (Å²) in [5.74, 6) is 0. The van der Waals surface area contributed by atoms with E-state index in [0.717, 1.165) is 24.2 Å². The molecule has 6 heterocycles. The van der Waals surface area contributed by atoms with E-state index >= 15 is 0 Å². The second kappa shape index (κ2) is 17.6. The van der Waals surface area contributed by atoms with Crippen molar-refractivity contribution in [2.24, 2.45) is 0 Å². The Morgan fingerprint density at radius 2 is 0.977 bits per heavy atom. The first-order chi connectivity index (χ1) is 41.8. The number of para-hydroxylation sites is 3. The van der Waals surface area contributed by atoms with E-state index in [2.05, 4.69) is 298 Å². The molecule has 0 saturated carbocycles. The van der Waals surface area contributed by atoms with Crippen LogP contribution in [0.1, 0.15) is 78.0 Å². The average Bonchev–Trinajstić information content (AvgIpc) is 1.44. The monoisotopic (exact) mass is 1120 g/mol. The number of nitrogens with zero attached hydrogens (tertiary/aromatic N) is 4. The lowest BCUT2D eigenvalue weighted by molar-refractivity contribution is 0.332. The van der Waals surface area contributed by atoms with Gasteiger partial charge in [0.2, 0.25) is 0 Å². The minimum absolute atomic E-state index is 0.00173. The fourth-order valence-electron chi connectivity index (χ4n) is 15.7. The summed E-state index contributed by atoms with van der Waals surface area (Å²) >= 11 is 2.00. The standard InChI is InChI=1S/C80H63BN4S/c1-78(2,3)52-32-37-73-62(42-52)76-77(86-73)81-65-28-19-27-57-61-46-60-56-26-17-18-29-66(56)82(53-24-15-10-16-25-53)69(60)47-70(61)85(75(57)65)72-45-55(44-71(74(72)81)84(76)54-33-34-63-64(43-54)80(6,7)39-38-79(63,4)5)83-67-35-30-50(48-20-11-8-12-21-48)40-58(67)59-41-51(31-36-68(59)83)49-22-13-9-14-23-49/h8-37,40-47H,38-39H2,1-7H3. The van der Waals surface area contributed by atoms with E-state index in [4.69, 9.17) is 0 Å². The van der Waals surface area contributed by atoms with Gasteiger partial charge in [0.05, 0.1) is 39.0 Å². The molecule has 18 rings (SSSR count). The molecular formula is C80H63BN4S. The predicted molar refractivity (Wildman–Crippen MR) is 369 cm³/mol. The normalized spacial score (nSPS) is 15.0. The highest BCUT2D eigenvalue weighted by molar-refractivity contribution is 7.33. The van der Waals surface area contributed by atoms with Crippen LogP contribution in [0.2, 0.25) is 0 Å². The van der Waals surface area contributed by atoms with E-state index in [-0.39, 0.29) is 23.0 Å². The first-order valence-electron chi connectivity index (χ1n) is 30.7. The van der Waals surface area contributed by atoms with Crippen LogP contribution in [0, 0.1) is 0 Å². The molecule has 0 spiro atoms. The van der Waals surface area contributed by atoms with Crippen LogP contribution in [0.25, 0.3) is 115 Å². The summed E-state index contributed by atoms with van der Waals surface area (Å²) in [5, 5.41) is 8.86. The van der Waals surface area contributed by atoms with Gasteiger partial charge in [0.15, 0.2) is 0 Å². The Hall–Kier alpha value is -9.36. The van der Waals surface area contributed by atoms with Crippen molar-refractivity contribution in [2.75, 3.05) is 4.90 Å². The Kier molecular flexibility index (Phi) is 10.2. The molecule has 0 amide bonds. The van der Waals surface area contributed by atoms with Crippen molar-refractivity contribution >= 4 is 126 Å². The minimum Gasteiger partial charge on any atom is -0.310 e. The summed E-state index contributed by atoms with van der Waals surface area (Å²) in [5.41, 5.74) is 26.4. The van der Waals surface area contributed by atoms with Crippen LogP contribution < -0.4 is 20.6 Å². The molecule has 0 atom stereocenters. The highest BCUT2D eigenvalue weighted by Crippen LogP contribution is 2.53. The van der Waals surface area contributed by atoms with Gasteiger partial charge >= 0.3 is 0 Å². The van der Waals surface area contributed by atoms with E-state index in [0.29, 0.717) is 0 Å². The highest BCUT2D eigenvalue weighted by atomic mass is 32.1. The molecule has 2 aliphatic heterocycles. The van der Waals surface area contributed by atoms with Crippen LogP contribution in [0.5, 0.6) is 0 Å². The largest absolute Gasteiger partial charge is 0.310 e. The van der Waals surface area contributed by atoms with Gasteiger partial charge in [-0.15, -0.1) is 11.3 Å². The molecule has 0 unspecified atom stereocenters. The van der Waals surface area contributed by atoms with Gasteiger partial charge in [-0.1, -0.05) is 188 Å². The third-order valence-corrected chi connectivity index (χ3v) is 21.4. The zero-order chi connectivity index (χ0) is 57.7. The van der Waals surface area contributed by atoms with Crippen LogP contribution in [0.15, 0.2) is 231 Å². The number of hydrogen-bond acceptors (Lipinski definition) is 2. The Labute approximate surface area is 505 Å². The third-order valence-electron chi connectivity index (χ3n) is 20.2. The van der Waals surface area contributed by atoms with Crippen LogP contribution in [-0.2, 0) is 16.2 Å². The molecular weight excluding hydrogens is 1060 g/mol. The second-order valence-electron chi connectivity index (χ2n) is 27.1. The second-order valence-corrected chi connectivity index (χ2v) is 28.2. The molecule has 6 heteroatoms. The molecule has 412 valence electrons. The first-order valence-corrected chi connectivity index (χ1v) is 31.5. The molecule has 0 saturated heterocycles. The Morgan fingerprint density at radius 1 is 0.395 bits per heavy atom. The van der Waals surface area contributed by atoms with Gasteiger partial charge in [0.1, 0.15) is 0 Å². The lowest BCUT2D eigenvalue weighted by Gasteiger charge is -2.43. The molecule has 0 bridgehead atoms. The number of anilines is 3. The quantitative estimate of drug-likeness (QED) is 0.157. The maximum atomic E-state index is 2.73. The summed E-state index contributed by atoms with van der Waals surface area (Å²) in [6.45, 7) is 16.9. The first kappa shape index (κ1) is 50.0. The van der Waals surface area contributed by atoms with E-state index < -0.39 is 0 Å². The lowest BCUT2D eigenvalue weighted by atomic mass is 9.36. The van der Waals surface area contributed by atoms with Gasteiger partial charge in [0.25, 0.3) is 6.71 Å². The number of rotatable bonds is 5. The Bertz CT molecular complexity index is 5300. The summed E-state index contributed by atoms with van der Waals surface area (Å²) in [4.78, 5) is 2.73. The molecule has 0 N–H and O–H groups in total. The summed E-state index contributed by atoms with van der Waals surface area (Å²) < 4.78 is 10.5. The van der Waals surface area contributed by atoms with E-state index in [9.17, 15) is 0 Å². The smallest absolute Gasteiger partial charge is 0.264 e. The van der Waals surface area contributed by atoms with Crippen LogP contribution in [-0.4, -0.2) is 20.4 Å². The molecule has 0 radical (unpaired) electrons. The van der Waals surface area contributed by atoms with Crippen molar-refractivity contribution in [2.45, 2.75) is 77.6 Å². The summed E-state index contributed by atoms with van der Waals surface area (Å²) in [6, 6.07) is 88.3. The molecule has 86 heavy (non-hydrogen) atoms.